The molecule has 1 fully saturated rings. The van der Waals surface area contributed by atoms with E-state index in [1.165, 1.54) is 5.56 Å². The average Bonchev–Trinajstić information content (AvgIpc) is 3.44. The predicted molar refractivity (Wildman–Crippen MR) is 163 cm³/mol. The van der Waals surface area contributed by atoms with Crippen LogP contribution >= 0.6 is 0 Å². The van der Waals surface area contributed by atoms with Gasteiger partial charge in [0, 0.05) is 49.2 Å². The fraction of sp³-hybridized carbons (Fsp3) is 0.242. The normalized spacial score (nSPS) is 13.3. The lowest BCUT2D eigenvalue weighted by atomic mass is 10.1. The fourth-order valence-electron chi connectivity index (χ4n) is 5.53. The van der Waals surface area contributed by atoms with Crippen LogP contribution in [0.4, 0.5) is 5.82 Å². The van der Waals surface area contributed by atoms with Crippen molar-refractivity contribution in [3.8, 4) is 34.1 Å². The van der Waals surface area contributed by atoms with Crippen LogP contribution in [0.25, 0.3) is 27.8 Å². The van der Waals surface area contributed by atoms with Gasteiger partial charge in [-0.05, 0) is 36.8 Å². The first-order chi connectivity index (χ1) is 20.5. The van der Waals surface area contributed by atoms with Crippen molar-refractivity contribution in [3.63, 3.8) is 0 Å². The van der Waals surface area contributed by atoms with E-state index < -0.39 is 0 Å². The van der Waals surface area contributed by atoms with E-state index in [4.69, 9.17) is 24.2 Å². The Kier molecular flexibility index (Phi) is 7.39. The molecule has 0 N–H and O–H groups in total. The summed E-state index contributed by atoms with van der Waals surface area (Å²) in [4.78, 5) is 27.2. The molecule has 1 aliphatic rings. The molecule has 1 saturated heterocycles. The topological polar surface area (TPSA) is 82.0 Å². The van der Waals surface area contributed by atoms with Gasteiger partial charge < -0.3 is 28.6 Å². The standard InChI is InChI=1S/C33H33N5O4/c1-22-10-12-25(13-11-22)38-20-26(23-8-6-5-7-9-23)29-31(34-21-35-32(29)38)36-14-16-37(17-15-36)33(39)24-18-27(40-2)30(42-4)28(19-24)41-3/h5-13,18-21H,14-17H2,1-4H3. The number of hydrogen-bond donors (Lipinski definition) is 0. The van der Waals surface area contributed by atoms with Crippen molar-refractivity contribution in [3.05, 3.63) is 90.4 Å². The molecule has 0 aliphatic carbocycles. The van der Waals surface area contributed by atoms with Gasteiger partial charge in [0.05, 0.1) is 26.7 Å². The molecule has 1 aliphatic heterocycles. The quantitative estimate of drug-likeness (QED) is 0.263. The Bertz CT molecular complexity index is 1700. The summed E-state index contributed by atoms with van der Waals surface area (Å²) in [7, 11) is 4.63. The maximum absolute atomic E-state index is 13.5. The molecule has 0 unspecified atom stereocenters. The summed E-state index contributed by atoms with van der Waals surface area (Å²) in [5.41, 5.74) is 5.74. The first-order valence-corrected chi connectivity index (χ1v) is 13.8. The number of hydrogen-bond acceptors (Lipinski definition) is 7. The number of aryl methyl sites for hydroxylation is 1. The molecular formula is C33H33N5O4. The van der Waals surface area contributed by atoms with E-state index in [0.717, 1.165) is 33.7 Å². The summed E-state index contributed by atoms with van der Waals surface area (Å²) < 4.78 is 18.5. The number of nitrogens with zero attached hydrogens (tertiary/aromatic N) is 5. The number of amides is 1. The Morgan fingerprint density at radius 2 is 1.48 bits per heavy atom. The maximum Gasteiger partial charge on any atom is 0.254 e. The molecule has 3 heterocycles. The largest absolute Gasteiger partial charge is 0.493 e. The lowest BCUT2D eigenvalue weighted by Gasteiger charge is -2.36. The predicted octanol–water partition coefficient (Wildman–Crippen LogP) is 5.38. The molecule has 214 valence electrons. The second-order valence-corrected chi connectivity index (χ2v) is 10.2. The van der Waals surface area contributed by atoms with Gasteiger partial charge in [0.2, 0.25) is 5.75 Å². The number of fused-ring (bicyclic) bond motifs is 1. The van der Waals surface area contributed by atoms with Crippen LogP contribution in [0.3, 0.4) is 0 Å². The van der Waals surface area contributed by atoms with Crippen LogP contribution in [0.1, 0.15) is 15.9 Å². The van der Waals surface area contributed by atoms with Crippen molar-refractivity contribution in [1.29, 1.82) is 0 Å². The lowest BCUT2D eigenvalue weighted by molar-refractivity contribution is 0.0745. The number of benzene rings is 3. The van der Waals surface area contributed by atoms with Crippen molar-refractivity contribution in [2.75, 3.05) is 52.4 Å². The highest BCUT2D eigenvalue weighted by atomic mass is 16.5. The maximum atomic E-state index is 13.5. The first kappa shape index (κ1) is 27.1. The Morgan fingerprint density at radius 3 is 2.10 bits per heavy atom. The number of carbonyl (C=O) groups excluding carboxylic acids is 1. The van der Waals surface area contributed by atoms with Gasteiger partial charge in [-0.25, -0.2) is 9.97 Å². The highest BCUT2D eigenvalue weighted by Crippen LogP contribution is 2.39. The summed E-state index contributed by atoms with van der Waals surface area (Å²) in [5, 5.41) is 0.994. The van der Waals surface area contributed by atoms with E-state index in [9.17, 15) is 4.79 Å². The summed E-state index contributed by atoms with van der Waals surface area (Å²) in [6.07, 6.45) is 3.78. The van der Waals surface area contributed by atoms with Gasteiger partial charge in [-0.15, -0.1) is 0 Å². The first-order valence-electron chi connectivity index (χ1n) is 13.8. The number of rotatable bonds is 7. The van der Waals surface area contributed by atoms with E-state index in [-0.39, 0.29) is 5.91 Å². The van der Waals surface area contributed by atoms with Gasteiger partial charge in [0.25, 0.3) is 5.91 Å². The Morgan fingerprint density at radius 1 is 0.810 bits per heavy atom. The second-order valence-electron chi connectivity index (χ2n) is 10.2. The SMILES string of the molecule is COc1cc(C(=O)N2CCN(c3ncnc4c3c(-c3ccccc3)cn4-c3ccc(C)cc3)CC2)cc(OC)c1OC. The number of ether oxygens (including phenoxy) is 3. The van der Waals surface area contributed by atoms with Gasteiger partial charge in [0.1, 0.15) is 12.1 Å². The minimum atomic E-state index is -0.0859. The molecule has 0 saturated carbocycles. The average molecular weight is 564 g/mol. The van der Waals surface area contributed by atoms with Gasteiger partial charge in [-0.1, -0.05) is 48.0 Å². The smallest absolute Gasteiger partial charge is 0.254 e. The van der Waals surface area contributed by atoms with Crippen molar-refractivity contribution >= 4 is 22.8 Å². The van der Waals surface area contributed by atoms with Gasteiger partial charge >= 0.3 is 0 Å². The highest BCUT2D eigenvalue weighted by Gasteiger charge is 2.28. The molecule has 5 aromatic rings. The third kappa shape index (κ3) is 4.87. The van der Waals surface area contributed by atoms with Gasteiger partial charge in [0.15, 0.2) is 17.1 Å². The molecule has 6 rings (SSSR count). The van der Waals surface area contributed by atoms with Crippen molar-refractivity contribution in [2.24, 2.45) is 0 Å². The van der Waals surface area contributed by atoms with Crippen LogP contribution in [0.2, 0.25) is 0 Å². The van der Waals surface area contributed by atoms with E-state index in [1.807, 2.05) is 23.1 Å². The third-order valence-electron chi connectivity index (χ3n) is 7.74. The zero-order chi connectivity index (χ0) is 29.2. The van der Waals surface area contributed by atoms with Crippen LogP contribution in [0, 0.1) is 6.92 Å². The van der Waals surface area contributed by atoms with Crippen LogP contribution in [-0.4, -0.2) is 72.9 Å². The fourth-order valence-corrected chi connectivity index (χ4v) is 5.53. The molecule has 0 spiro atoms. The van der Waals surface area contributed by atoms with Crippen LogP contribution in [0.5, 0.6) is 17.2 Å². The molecule has 9 heteroatoms. The van der Waals surface area contributed by atoms with Crippen LogP contribution in [0.15, 0.2) is 79.3 Å². The minimum Gasteiger partial charge on any atom is -0.493 e. The number of aromatic nitrogens is 3. The molecule has 0 atom stereocenters. The molecule has 3 aromatic carbocycles. The Hall–Kier alpha value is -5.05. The molecule has 1 amide bonds. The molecule has 42 heavy (non-hydrogen) atoms. The zero-order valence-corrected chi connectivity index (χ0v) is 24.2. The summed E-state index contributed by atoms with van der Waals surface area (Å²) in [6.45, 7) is 4.43. The van der Waals surface area contributed by atoms with Crippen molar-refractivity contribution in [1.82, 2.24) is 19.4 Å². The summed E-state index contributed by atoms with van der Waals surface area (Å²) >= 11 is 0. The van der Waals surface area contributed by atoms with Crippen LogP contribution < -0.4 is 19.1 Å². The van der Waals surface area contributed by atoms with Gasteiger partial charge in [-0.3, -0.25) is 4.79 Å². The third-order valence-corrected chi connectivity index (χ3v) is 7.74. The monoisotopic (exact) mass is 563 g/mol. The molecule has 9 nitrogen and oxygen atoms in total. The molecular weight excluding hydrogens is 530 g/mol. The minimum absolute atomic E-state index is 0.0859. The zero-order valence-electron chi connectivity index (χ0n) is 24.2. The molecule has 0 bridgehead atoms. The summed E-state index contributed by atoms with van der Waals surface area (Å²) in [5.74, 6) is 2.14. The number of methoxy groups -OCH3 is 3. The molecule has 2 aromatic heterocycles. The van der Waals surface area contributed by atoms with Crippen molar-refractivity contribution in [2.45, 2.75) is 6.92 Å². The second kappa shape index (κ2) is 11.4. The Balaban J connectivity index is 1.32. The number of carbonyl (C=O) groups is 1. The summed E-state index contributed by atoms with van der Waals surface area (Å²) in [6, 6.07) is 22.2. The number of anilines is 1. The highest BCUT2D eigenvalue weighted by molar-refractivity contribution is 6.02. The van der Waals surface area contributed by atoms with E-state index in [2.05, 4.69) is 59.0 Å². The van der Waals surface area contributed by atoms with E-state index in [1.54, 1.807) is 39.8 Å². The van der Waals surface area contributed by atoms with Crippen LogP contribution in [-0.2, 0) is 0 Å². The Labute approximate surface area is 244 Å². The van der Waals surface area contributed by atoms with Gasteiger partial charge in [-0.2, -0.15) is 0 Å². The van der Waals surface area contributed by atoms with E-state index >= 15 is 0 Å². The molecule has 0 radical (unpaired) electrons. The van der Waals surface area contributed by atoms with Crippen molar-refractivity contribution < 1.29 is 19.0 Å². The lowest BCUT2D eigenvalue weighted by Crippen LogP contribution is -2.49. The van der Waals surface area contributed by atoms with E-state index in [0.29, 0.717) is 49.0 Å². The number of piperazine rings is 1.